The Morgan fingerprint density at radius 2 is 1.72 bits per heavy atom. The van der Waals surface area contributed by atoms with Crippen LogP contribution in [0.25, 0.3) is 5.69 Å². The lowest BCUT2D eigenvalue weighted by Gasteiger charge is -2.36. The molecule has 0 aliphatic carbocycles. The highest BCUT2D eigenvalue weighted by Crippen LogP contribution is 2.24. The van der Waals surface area contributed by atoms with Crippen molar-refractivity contribution < 1.29 is 9.53 Å². The molecule has 0 atom stereocenters. The predicted molar refractivity (Wildman–Crippen MR) is 125 cm³/mol. The number of nitrogens with zero attached hydrogens (tertiary/aromatic N) is 4. The summed E-state index contributed by atoms with van der Waals surface area (Å²) in [6.45, 7) is 6.24. The number of para-hydroxylation sites is 1. The molecule has 0 saturated carbocycles. The van der Waals surface area contributed by atoms with Crippen LogP contribution >= 0.6 is 11.6 Å². The maximum absolute atomic E-state index is 13.0. The molecule has 0 amide bonds. The summed E-state index contributed by atoms with van der Waals surface area (Å²) >= 11 is 6.49. The molecule has 1 fully saturated rings. The second kappa shape index (κ2) is 9.54. The van der Waals surface area contributed by atoms with E-state index < -0.39 is 11.5 Å². The summed E-state index contributed by atoms with van der Waals surface area (Å²) in [6.07, 6.45) is 1.59. The van der Waals surface area contributed by atoms with Crippen molar-refractivity contribution in [3.8, 4) is 5.69 Å². The number of benzene rings is 2. The molecule has 32 heavy (non-hydrogen) atoms. The minimum atomic E-state index is -0.542. The SMILES string of the molecule is COC(=O)c1ccccc1-n1ncc(N2CCN(Cc3ccccc3C)CC2)c(Cl)c1=O. The van der Waals surface area contributed by atoms with Gasteiger partial charge in [0.2, 0.25) is 0 Å². The van der Waals surface area contributed by atoms with E-state index in [2.05, 4.69) is 46.1 Å². The minimum Gasteiger partial charge on any atom is -0.465 e. The third-order valence-corrected chi connectivity index (χ3v) is 6.16. The van der Waals surface area contributed by atoms with Crippen LogP contribution in [0.1, 0.15) is 21.5 Å². The van der Waals surface area contributed by atoms with Crippen LogP contribution in [0.5, 0.6) is 0 Å². The van der Waals surface area contributed by atoms with E-state index in [1.54, 1.807) is 30.5 Å². The average Bonchev–Trinajstić information content (AvgIpc) is 2.82. The van der Waals surface area contributed by atoms with E-state index in [1.807, 2.05) is 0 Å². The molecule has 2 aromatic carbocycles. The first kappa shape index (κ1) is 22.0. The smallest absolute Gasteiger partial charge is 0.340 e. The van der Waals surface area contributed by atoms with Crippen molar-refractivity contribution in [3.63, 3.8) is 0 Å². The van der Waals surface area contributed by atoms with Gasteiger partial charge >= 0.3 is 5.97 Å². The van der Waals surface area contributed by atoms with Crippen LogP contribution in [0.2, 0.25) is 5.02 Å². The van der Waals surface area contributed by atoms with Gasteiger partial charge in [-0.1, -0.05) is 48.0 Å². The van der Waals surface area contributed by atoms with Crippen molar-refractivity contribution in [3.05, 3.63) is 86.8 Å². The van der Waals surface area contributed by atoms with Crippen molar-refractivity contribution in [2.45, 2.75) is 13.5 Å². The molecule has 0 unspecified atom stereocenters. The lowest BCUT2D eigenvalue weighted by atomic mass is 10.1. The summed E-state index contributed by atoms with van der Waals surface area (Å²) in [5, 5.41) is 4.41. The van der Waals surface area contributed by atoms with Crippen molar-refractivity contribution in [1.82, 2.24) is 14.7 Å². The second-order valence-corrected chi connectivity index (χ2v) is 8.14. The van der Waals surface area contributed by atoms with Gasteiger partial charge < -0.3 is 9.64 Å². The van der Waals surface area contributed by atoms with Crippen molar-refractivity contribution in [1.29, 1.82) is 0 Å². The number of carbonyl (C=O) groups is 1. The van der Waals surface area contributed by atoms with Gasteiger partial charge in [-0.3, -0.25) is 9.69 Å². The number of ether oxygens (including phenoxy) is 1. The van der Waals surface area contributed by atoms with Crippen molar-refractivity contribution in [2.75, 3.05) is 38.2 Å². The molecule has 4 rings (SSSR count). The van der Waals surface area contributed by atoms with E-state index in [-0.39, 0.29) is 10.6 Å². The highest BCUT2D eigenvalue weighted by Gasteiger charge is 2.23. The molecule has 2 heterocycles. The highest BCUT2D eigenvalue weighted by molar-refractivity contribution is 6.33. The largest absolute Gasteiger partial charge is 0.465 e. The number of halogens is 1. The Labute approximate surface area is 191 Å². The molecule has 166 valence electrons. The number of hydrogen-bond donors (Lipinski definition) is 0. The Kier molecular flexibility index (Phi) is 6.58. The van der Waals surface area contributed by atoms with Gasteiger partial charge in [-0.05, 0) is 30.2 Å². The van der Waals surface area contributed by atoms with E-state index in [0.29, 0.717) is 11.4 Å². The van der Waals surface area contributed by atoms with Gasteiger partial charge in [0.25, 0.3) is 5.56 Å². The first-order valence-electron chi connectivity index (χ1n) is 10.5. The molecule has 8 heteroatoms. The highest BCUT2D eigenvalue weighted by atomic mass is 35.5. The summed E-state index contributed by atoms with van der Waals surface area (Å²) in [5.74, 6) is -0.542. The molecule has 0 bridgehead atoms. The van der Waals surface area contributed by atoms with Gasteiger partial charge in [-0.15, -0.1) is 0 Å². The molecule has 0 radical (unpaired) electrons. The summed E-state index contributed by atoms with van der Waals surface area (Å²) in [6, 6.07) is 15.1. The molecule has 1 aliphatic heterocycles. The average molecular weight is 453 g/mol. The van der Waals surface area contributed by atoms with Gasteiger partial charge in [-0.2, -0.15) is 9.78 Å². The van der Waals surface area contributed by atoms with E-state index in [0.717, 1.165) is 37.4 Å². The van der Waals surface area contributed by atoms with E-state index in [1.165, 1.54) is 18.2 Å². The number of esters is 1. The van der Waals surface area contributed by atoms with Crippen LogP contribution in [-0.2, 0) is 11.3 Å². The summed E-state index contributed by atoms with van der Waals surface area (Å²) in [4.78, 5) is 29.6. The van der Waals surface area contributed by atoms with Crippen molar-refractivity contribution >= 4 is 23.3 Å². The maximum Gasteiger partial charge on any atom is 0.340 e. The Morgan fingerprint density at radius 1 is 1.03 bits per heavy atom. The Hall–Kier alpha value is -3.16. The number of hydrogen-bond acceptors (Lipinski definition) is 6. The Morgan fingerprint density at radius 3 is 2.44 bits per heavy atom. The summed E-state index contributed by atoms with van der Waals surface area (Å²) in [7, 11) is 1.30. The standard InChI is InChI=1S/C24H25ClN4O3/c1-17-7-3-4-8-18(17)16-27-11-13-28(14-12-27)21-15-26-29(23(30)22(21)25)20-10-6-5-9-19(20)24(31)32-2/h3-10,15H,11-14,16H2,1-2H3. The lowest BCUT2D eigenvalue weighted by molar-refractivity contribution is 0.0600. The molecule has 0 N–H and O–H groups in total. The number of rotatable bonds is 5. The van der Waals surface area contributed by atoms with Crippen LogP contribution in [0.4, 0.5) is 5.69 Å². The Balaban J connectivity index is 1.52. The molecule has 1 aromatic heterocycles. The summed E-state index contributed by atoms with van der Waals surface area (Å²) < 4.78 is 5.96. The third-order valence-electron chi connectivity index (χ3n) is 5.81. The van der Waals surface area contributed by atoms with Gasteiger partial charge in [0, 0.05) is 32.7 Å². The quantitative estimate of drug-likeness (QED) is 0.553. The fourth-order valence-electron chi connectivity index (χ4n) is 3.93. The minimum absolute atomic E-state index is 0.0898. The van der Waals surface area contributed by atoms with Gasteiger partial charge in [0.05, 0.1) is 30.2 Å². The molecule has 1 saturated heterocycles. The lowest BCUT2D eigenvalue weighted by Crippen LogP contribution is -2.46. The third kappa shape index (κ3) is 4.40. The fraction of sp³-hybridized carbons (Fsp3) is 0.292. The second-order valence-electron chi connectivity index (χ2n) is 7.76. The number of piperazine rings is 1. The summed E-state index contributed by atoms with van der Waals surface area (Å²) in [5.41, 5.74) is 3.34. The first-order chi connectivity index (χ1) is 15.5. The molecule has 1 aliphatic rings. The van der Waals surface area contributed by atoms with Crippen LogP contribution in [0.3, 0.4) is 0 Å². The zero-order chi connectivity index (χ0) is 22.7. The number of carbonyl (C=O) groups excluding carboxylic acids is 1. The van der Waals surface area contributed by atoms with Crippen LogP contribution in [0, 0.1) is 6.92 Å². The zero-order valence-corrected chi connectivity index (χ0v) is 18.9. The Bertz CT molecular complexity index is 1190. The van der Waals surface area contributed by atoms with Gasteiger partial charge in [0.1, 0.15) is 5.02 Å². The van der Waals surface area contributed by atoms with E-state index in [9.17, 15) is 9.59 Å². The fourth-order valence-corrected chi connectivity index (χ4v) is 4.18. The predicted octanol–water partition coefficient (Wildman–Crippen LogP) is 3.30. The molecule has 7 nitrogen and oxygen atoms in total. The topological polar surface area (TPSA) is 67.7 Å². The number of methoxy groups -OCH3 is 1. The molecular formula is C24H25ClN4O3. The number of aromatic nitrogens is 2. The van der Waals surface area contributed by atoms with Gasteiger partial charge in [-0.25, -0.2) is 4.79 Å². The van der Waals surface area contributed by atoms with Crippen LogP contribution < -0.4 is 10.5 Å². The van der Waals surface area contributed by atoms with Crippen LogP contribution in [0.15, 0.2) is 59.5 Å². The van der Waals surface area contributed by atoms with Crippen LogP contribution in [-0.4, -0.2) is 53.9 Å². The van der Waals surface area contributed by atoms with Crippen molar-refractivity contribution in [2.24, 2.45) is 0 Å². The maximum atomic E-state index is 13.0. The molecular weight excluding hydrogens is 428 g/mol. The zero-order valence-electron chi connectivity index (χ0n) is 18.1. The molecule has 3 aromatic rings. The monoisotopic (exact) mass is 452 g/mol. The normalized spacial score (nSPS) is 14.4. The number of aryl methyl sites for hydroxylation is 1. The van der Waals surface area contributed by atoms with E-state index >= 15 is 0 Å². The van der Waals surface area contributed by atoms with E-state index in [4.69, 9.17) is 16.3 Å². The van der Waals surface area contributed by atoms with Gasteiger partial charge in [0.15, 0.2) is 0 Å². The molecule has 0 spiro atoms. The number of anilines is 1. The first-order valence-corrected chi connectivity index (χ1v) is 10.8.